The Labute approximate surface area is 130 Å². The van der Waals surface area contributed by atoms with Crippen LogP contribution in [0.25, 0.3) is 11.0 Å². The van der Waals surface area contributed by atoms with Gasteiger partial charge in [0.05, 0.1) is 6.54 Å². The van der Waals surface area contributed by atoms with Crippen molar-refractivity contribution < 1.29 is 0 Å². The fraction of sp³-hybridized carbons (Fsp3) is 0.133. The van der Waals surface area contributed by atoms with Gasteiger partial charge in [0, 0.05) is 33.8 Å². The summed E-state index contributed by atoms with van der Waals surface area (Å²) >= 11 is 9.70. The third kappa shape index (κ3) is 2.46. The Bertz CT molecular complexity index is 767. The Morgan fingerprint density at radius 2 is 2.10 bits per heavy atom. The van der Waals surface area contributed by atoms with E-state index in [1.807, 2.05) is 30.3 Å². The van der Waals surface area contributed by atoms with E-state index in [1.165, 1.54) is 0 Å². The molecule has 0 radical (unpaired) electrons. The molecule has 0 aliphatic rings. The van der Waals surface area contributed by atoms with Crippen LogP contribution in [0.4, 0.5) is 0 Å². The second kappa shape index (κ2) is 5.56. The predicted octanol–water partition coefficient (Wildman–Crippen LogP) is 3.96. The molecule has 3 aromatic rings. The van der Waals surface area contributed by atoms with Gasteiger partial charge in [-0.05, 0) is 35.4 Å². The highest BCUT2D eigenvalue weighted by molar-refractivity contribution is 9.10. The number of aromatic nitrogens is 2. The lowest BCUT2D eigenvalue weighted by molar-refractivity contribution is 0.819. The molecule has 0 saturated carbocycles. The van der Waals surface area contributed by atoms with Crippen molar-refractivity contribution in [2.24, 2.45) is 5.73 Å². The molecule has 2 N–H and O–H groups in total. The summed E-state index contributed by atoms with van der Waals surface area (Å²) in [4.78, 5) is 4.45. The predicted molar refractivity (Wildman–Crippen MR) is 85.9 cm³/mol. The zero-order valence-corrected chi connectivity index (χ0v) is 13.0. The molecule has 0 bridgehead atoms. The van der Waals surface area contributed by atoms with E-state index in [0.717, 1.165) is 31.7 Å². The summed E-state index contributed by atoms with van der Waals surface area (Å²) in [6, 6.07) is 9.88. The van der Waals surface area contributed by atoms with Gasteiger partial charge in [-0.2, -0.15) is 0 Å². The molecule has 3 rings (SSSR count). The van der Waals surface area contributed by atoms with Crippen LogP contribution in [0.15, 0.2) is 47.2 Å². The number of pyridine rings is 1. The Balaban J connectivity index is 2.06. The highest BCUT2D eigenvalue weighted by Crippen LogP contribution is 2.25. The average Bonchev–Trinajstić information content (AvgIpc) is 2.80. The van der Waals surface area contributed by atoms with Gasteiger partial charge in [-0.1, -0.05) is 33.6 Å². The van der Waals surface area contributed by atoms with Gasteiger partial charge in [0.25, 0.3) is 0 Å². The molecule has 102 valence electrons. The van der Waals surface area contributed by atoms with Crippen LogP contribution < -0.4 is 5.73 Å². The summed E-state index contributed by atoms with van der Waals surface area (Å²) < 4.78 is 3.07. The van der Waals surface area contributed by atoms with Gasteiger partial charge in [-0.3, -0.25) is 0 Å². The number of fused-ring (bicyclic) bond motifs is 1. The molecule has 5 heteroatoms. The SMILES string of the molecule is NCc1cn(Cc2ccc(Br)cc2Cl)c2ncccc12. The molecular formula is C15H13BrClN3. The topological polar surface area (TPSA) is 43.8 Å². The highest BCUT2D eigenvalue weighted by Gasteiger charge is 2.10. The fourth-order valence-electron chi connectivity index (χ4n) is 2.31. The average molecular weight is 351 g/mol. The van der Waals surface area contributed by atoms with Gasteiger partial charge in [0.1, 0.15) is 5.65 Å². The van der Waals surface area contributed by atoms with Crippen molar-refractivity contribution in [3.8, 4) is 0 Å². The first-order chi connectivity index (χ1) is 9.69. The maximum Gasteiger partial charge on any atom is 0.140 e. The van der Waals surface area contributed by atoms with Crippen molar-refractivity contribution in [3.05, 3.63) is 63.3 Å². The summed E-state index contributed by atoms with van der Waals surface area (Å²) in [5, 5.41) is 1.84. The number of hydrogen-bond donors (Lipinski definition) is 1. The first-order valence-electron chi connectivity index (χ1n) is 6.26. The van der Waals surface area contributed by atoms with Crippen LogP contribution in [0.5, 0.6) is 0 Å². The Morgan fingerprint density at radius 3 is 2.85 bits per heavy atom. The molecule has 0 spiro atoms. The van der Waals surface area contributed by atoms with Gasteiger partial charge in [0.2, 0.25) is 0 Å². The lowest BCUT2D eigenvalue weighted by Gasteiger charge is -2.07. The molecule has 0 amide bonds. The van der Waals surface area contributed by atoms with Crippen LogP contribution in [0.1, 0.15) is 11.1 Å². The summed E-state index contributed by atoms with van der Waals surface area (Å²) in [6.45, 7) is 1.18. The Kier molecular flexibility index (Phi) is 3.78. The highest BCUT2D eigenvalue weighted by atomic mass is 79.9. The smallest absolute Gasteiger partial charge is 0.140 e. The number of nitrogens with two attached hydrogens (primary N) is 1. The number of rotatable bonds is 3. The molecule has 2 heterocycles. The van der Waals surface area contributed by atoms with Crippen LogP contribution >= 0.6 is 27.5 Å². The van der Waals surface area contributed by atoms with Gasteiger partial charge >= 0.3 is 0 Å². The zero-order valence-electron chi connectivity index (χ0n) is 10.7. The molecule has 1 aromatic carbocycles. The second-order valence-electron chi connectivity index (χ2n) is 4.60. The van der Waals surface area contributed by atoms with E-state index < -0.39 is 0 Å². The quantitative estimate of drug-likeness (QED) is 0.777. The Morgan fingerprint density at radius 1 is 1.25 bits per heavy atom. The molecule has 3 nitrogen and oxygen atoms in total. The normalized spacial score (nSPS) is 11.2. The van der Waals surface area contributed by atoms with Gasteiger partial charge in [0.15, 0.2) is 0 Å². The summed E-state index contributed by atoms with van der Waals surface area (Å²) in [6.07, 6.45) is 3.85. The van der Waals surface area contributed by atoms with E-state index in [-0.39, 0.29) is 0 Å². The third-order valence-corrected chi connectivity index (χ3v) is 4.14. The van der Waals surface area contributed by atoms with Crippen LogP contribution in [0.2, 0.25) is 5.02 Å². The van der Waals surface area contributed by atoms with Gasteiger partial charge in [-0.15, -0.1) is 0 Å². The van der Waals surface area contributed by atoms with E-state index in [9.17, 15) is 0 Å². The number of hydrogen-bond acceptors (Lipinski definition) is 2. The first-order valence-corrected chi connectivity index (χ1v) is 7.43. The minimum Gasteiger partial charge on any atom is -0.328 e. The molecule has 20 heavy (non-hydrogen) atoms. The third-order valence-electron chi connectivity index (χ3n) is 3.29. The van der Waals surface area contributed by atoms with Gasteiger partial charge in [-0.25, -0.2) is 4.98 Å². The van der Waals surface area contributed by atoms with Crippen molar-refractivity contribution in [1.29, 1.82) is 0 Å². The molecule has 2 aromatic heterocycles. The second-order valence-corrected chi connectivity index (χ2v) is 5.92. The zero-order chi connectivity index (χ0) is 14.1. The van der Waals surface area contributed by atoms with E-state index >= 15 is 0 Å². The van der Waals surface area contributed by atoms with E-state index in [2.05, 4.69) is 31.7 Å². The van der Waals surface area contributed by atoms with Crippen LogP contribution in [-0.2, 0) is 13.1 Å². The van der Waals surface area contributed by atoms with Crippen LogP contribution in [0.3, 0.4) is 0 Å². The molecule has 0 aliphatic carbocycles. The van der Waals surface area contributed by atoms with E-state index in [4.69, 9.17) is 17.3 Å². The summed E-state index contributed by atoms with van der Waals surface area (Å²) in [5.74, 6) is 0. The molecule has 0 fully saturated rings. The van der Waals surface area contributed by atoms with Crippen molar-refractivity contribution >= 4 is 38.6 Å². The number of halogens is 2. The van der Waals surface area contributed by atoms with Crippen molar-refractivity contribution in [1.82, 2.24) is 9.55 Å². The molecule has 0 unspecified atom stereocenters. The van der Waals surface area contributed by atoms with Gasteiger partial charge < -0.3 is 10.3 Å². The molecular weight excluding hydrogens is 338 g/mol. The monoisotopic (exact) mass is 349 g/mol. The maximum atomic E-state index is 6.28. The van der Waals surface area contributed by atoms with Crippen LogP contribution in [-0.4, -0.2) is 9.55 Å². The standard InChI is InChI=1S/C15H13BrClN3/c16-12-4-3-10(14(17)6-12)8-20-9-11(7-18)13-2-1-5-19-15(13)20/h1-6,9H,7-8,18H2. The largest absolute Gasteiger partial charge is 0.328 e. The molecule has 0 atom stereocenters. The van der Waals surface area contributed by atoms with Crippen molar-refractivity contribution in [3.63, 3.8) is 0 Å². The molecule has 0 aliphatic heterocycles. The molecule has 0 saturated heterocycles. The number of benzene rings is 1. The summed E-state index contributed by atoms with van der Waals surface area (Å²) in [7, 11) is 0. The lowest BCUT2D eigenvalue weighted by atomic mass is 10.2. The minimum absolute atomic E-state index is 0.503. The fourth-order valence-corrected chi connectivity index (χ4v) is 3.05. The number of nitrogens with zero attached hydrogens (tertiary/aromatic N) is 2. The lowest BCUT2D eigenvalue weighted by Crippen LogP contribution is -2.00. The summed E-state index contributed by atoms with van der Waals surface area (Å²) in [5.41, 5.74) is 8.89. The van der Waals surface area contributed by atoms with Crippen molar-refractivity contribution in [2.75, 3.05) is 0 Å². The maximum absolute atomic E-state index is 6.28. The Hall–Kier alpha value is -1.36. The van der Waals surface area contributed by atoms with Crippen molar-refractivity contribution in [2.45, 2.75) is 13.1 Å². The van der Waals surface area contributed by atoms with Crippen LogP contribution in [0, 0.1) is 0 Å². The van der Waals surface area contributed by atoms with E-state index in [0.29, 0.717) is 13.1 Å². The first kappa shape index (κ1) is 13.6. The van der Waals surface area contributed by atoms with E-state index in [1.54, 1.807) is 6.20 Å². The minimum atomic E-state index is 0.503.